The molecule has 116 valence electrons. The Morgan fingerprint density at radius 3 is 2.29 bits per heavy atom. The number of fused-ring (bicyclic) bond motifs is 2. The second-order valence-corrected chi connectivity index (χ2v) is 8.95. The van der Waals surface area contributed by atoms with Crippen LogP contribution in [-0.2, 0) is 10.0 Å². The predicted molar refractivity (Wildman–Crippen MR) is 79.7 cm³/mol. The first-order valence-electron chi connectivity index (χ1n) is 7.45. The Morgan fingerprint density at radius 1 is 1.19 bits per heavy atom. The lowest BCUT2D eigenvalue weighted by molar-refractivity contribution is 0.130. The minimum Gasteiger partial charge on any atom is -0.207 e. The fourth-order valence-corrected chi connectivity index (χ4v) is 5.61. The summed E-state index contributed by atoms with van der Waals surface area (Å²) in [6, 6.07) is 4.96. The molecule has 1 aromatic carbocycles. The smallest absolute Gasteiger partial charge is 0.207 e. The normalized spacial score (nSPS) is 34.3. The van der Waals surface area contributed by atoms with Crippen molar-refractivity contribution in [1.29, 1.82) is 0 Å². The highest BCUT2D eigenvalue weighted by atomic mass is 32.2. The maximum atomic E-state index is 12.9. The summed E-state index contributed by atoms with van der Waals surface area (Å²) in [7, 11) is -3.59. The Labute approximate surface area is 126 Å². The van der Waals surface area contributed by atoms with E-state index in [0.29, 0.717) is 5.92 Å². The molecule has 0 heterocycles. The first-order chi connectivity index (χ1) is 9.67. The Hall–Kier alpha value is -0.940. The summed E-state index contributed by atoms with van der Waals surface area (Å²) >= 11 is 0. The molecule has 0 spiro atoms. The Morgan fingerprint density at radius 2 is 1.81 bits per heavy atom. The Kier molecular flexibility index (Phi) is 3.23. The van der Waals surface area contributed by atoms with E-state index in [0.717, 1.165) is 12.8 Å². The molecule has 3 atom stereocenters. The van der Waals surface area contributed by atoms with Gasteiger partial charge in [-0.3, -0.25) is 0 Å². The maximum absolute atomic E-state index is 12.9. The lowest BCUT2D eigenvalue weighted by Gasteiger charge is -2.39. The van der Waals surface area contributed by atoms with Crippen LogP contribution >= 0.6 is 0 Å². The molecular weight excluding hydrogens is 289 g/mol. The van der Waals surface area contributed by atoms with Crippen LogP contribution in [-0.4, -0.2) is 14.5 Å². The molecule has 2 bridgehead atoms. The molecule has 5 heteroatoms. The molecule has 0 saturated heterocycles. The summed E-state index contributed by atoms with van der Waals surface area (Å²) in [5, 5.41) is 0. The number of hydrogen-bond acceptors (Lipinski definition) is 2. The number of halogens is 1. The van der Waals surface area contributed by atoms with Crippen molar-refractivity contribution in [2.45, 2.75) is 51.0 Å². The number of benzene rings is 1. The molecule has 21 heavy (non-hydrogen) atoms. The van der Waals surface area contributed by atoms with Gasteiger partial charge in [0, 0.05) is 6.04 Å². The van der Waals surface area contributed by atoms with E-state index in [4.69, 9.17) is 0 Å². The third-order valence-electron chi connectivity index (χ3n) is 6.22. The predicted octanol–water partition coefficient (Wildman–Crippen LogP) is 3.32. The number of rotatable bonds is 3. The van der Waals surface area contributed by atoms with Crippen LogP contribution in [0.5, 0.6) is 0 Å². The zero-order chi connectivity index (χ0) is 15.5. The molecular formula is C16H22FNO2S. The number of sulfonamides is 1. The van der Waals surface area contributed by atoms with Gasteiger partial charge in [-0.25, -0.2) is 17.5 Å². The van der Waals surface area contributed by atoms with Crippen molar-refractivity contribution in [3.8, 4) is 0 Å². The molecule has 2 aliphatic carbocycles. The van der Waals surface area contributed by atoms with Crippen LogP contribution in [0.15, 0.2) is 29.2 Å². The van der Waals surface area contributed by atoms with E-state index in [9.17, 15) is 12.8 Å². The van der Waals surface area contributed by atoms with Gasteiger partial charge in [-0.1, -0.05) is 20.8 Å². The summed E-state index contributed by atoms with van der Waals surface area (Å²) in [5.74, 6) is 0.144. The first-order valence-corrected chi connectivity index (χ1v) is 8.93. The quantitative estimate of drug-likeness (QED) is 0.931. The molecule has 2 aliphatic rings. The van der Waals surface area contributed by atoms with Crippen LogP contribution in [0.3, 0.4) is 0 Å². The molecule has 2 fully saturated rings. The van der Waals surface area contributed by atoms with Crippen molar-refractivity contribution in [2.24, 2.45) is 16.7 Å². The van der Waals surface area contributed by atoms with E-state index >= 15 is 0 Å². The van der Waals surface area contributed by atoms with Gasteiger partial charge in [0.05, 0.1) is 4.90 Å². The molecule has 0 radical (unpaired) electrons. The van der Waals surface area contributed by atoms with Crippen molar-refractivity contribution in [3.63, 3.8) is 0 Å². The standard InChI is InChI=1S/C16H22FNO2S/c1-15(2)11-8-9-16(15,3)14(10-11)18-21(19,20)13-6-4-12(17)5-7-13/h4-7,11,14,18H,8-10H2,1-3H3/t11-,14-,16+/m1/s1. The third-order valence-corrected chi connectivity index (χ3v) is 7.70. The SMILES string of the molecule is CC1(C)[C@@H]2CC[C@@]1(C)[C@H](NS(=O)(=O)c1ccc(F)cc1)C2. The van der Waals surface area contributed by atoms with Gasteiger partial charge in [-0.15, -0.1) is 0 Å². The zero-order valence-electron chi connectivity index (χ0n) is 12.7. The highest BCUT2D eigenvalue weighted by Crippen LogP contribution is 2.65. The van der Waals surface area contributed by atoms with Gasteiger partial charge >= 0.3 is 0 Å². The number of hydrogen-bond donors (Lipinski definition) is 1. The van der Waals surface area contributed by atoms with E-state index in [1.54, 1.807) is 0 Å². The molecule has 0 amide bonds. The summed E-state index contributed by atoms with van der Waals surface area (Å²) < 4.78 is 40.8. The van der Waals surface area contributed by atoms with Crippen molar-refractivity contribution < 1.29 is 12.8 Å². The van der Waals surface area contributed by atoms with Crippen molar-refractivity contribution in [1.82, 2.24) is 4.72 Å². The summed E-state index contributed by atoms with van der Waals surface area (Å²) in [6.45, 7) is 6.69. The van der Waals surface area contributed by atoms with Gasteiger partial charge in [0.1, 0.15) is 5.82 Å². The zero-order valence-corrected chi connectivity index (χ0v) is 13.5. The highest BCUT2D eigenvalue weighted by molar-refractivity contribution is 7.89. The summed E-state index contributed by atoms with van der Waals surface area (Å²) in [6.07, 6.45) is 3.13. The lowest BCUT2D eigenvalue weighted by atomic mass is 9.69. The van der Waals surface area contributed by atoms with E-state index in [1.165, 1.54) is 30.7 Å². The highest BCUT2D eigenvalue weighted by Gasteiger charge is 2.61. The topological polar surface area (TPSA) is 46.2 Å². The van der Waals surface area contributed by atoms with E-state index < -0.39 is 15.8 Å². The van der Waals surface area contributed by atoms with Gasteiger partial charge < -0.3 is 0 Å². The van der Waals surface area contributed by atoms with Crippen molar-refractivity contribution >= 4 is 10.0 Å². The Balaban J connectivity index is 1.86. The minimum absolute atomic E-state index is 0.00916. The monoisotopic (exact) mass is 311 g/mol. The fraction of sp³-hybridized carbons (Fsp3) is 0.625. The average molecular weight is 311 g/mol. The molecule has 3 nitrogen and oxygen atoms in total. The largest absolute Gasteiger partial charge is 0.240 e. The van der Waals surface area contributed by atoms with Crippen LogP contribution < -0.4 is 4.72 Å². The summed E-state index contributed by atoms with van der Waals surface area (Å²) in [5.41, 5.74) is 0.147. The molecule has 0 unspecified atom stereocenters. The summed E-state index contributed by atoms with van der Waals surface area (Å²) in [4.78, 5) is 0.132. The minimum atomic E-state index is -3.59. The second kappa shape index (κ2) is 4.53. The molecule has 0 aromatic heterocycles. The fourth-order valence-electron chi connectivity index (χ4n) is 4.25. The third kappa shape index (κ3) is 2.13. The van der Waals surface area contributed by atoms with Crippen molar-refractivity contribution in [2.75, 3.05) is 0 Å². The van der Waals surface area contributed by atoms with E-state index in [1.807, 2.05) is 0 Å². The Bertz CT molecular complexity index is 653. The van der Waals surface area contributed by atoms with Crippen LogP contribution in [0.4, 0.5) is 4.39 Å². The average Bonchev–Trinajstić information content (AvgIpc) is 2.72. The van der Waals surface area contributed by atoms with Gasteiger partial charge in [-0.05, 0) is 60.3 Å². The van der Waals surface area contributed by atoms with Gasteiger partial charge in [0.25, 0.3) is 0 Å². The van der Waals surface area contributed by atoms with Crippen LogP contribution in [0.2, 0.25) is 0 Å². The van der Waals surface area contributed by atoms with Crippen LogP contribution in [0.1, 0.15) is 40.0 Å². The molecule has 1 aromatic rings. The van der Waals surface area contributed by atoms with Crippen LogP contribution in [0.25, 0.3) is 0 Å². The number of nitrogens with one attached hydrogen (secondary N) is 1. The molecule has 2 saturated carbocycles. The molecule has 3 rings (SSSR count). The van der Waals surface area contributed by atoms with Crippen molar-refractivity contribution in [3.05, 3.63) is 30.1 Å². The maximum Gasteiger partial charge on any atom is 0.240 e. The lowest BCUT2D eigenvalue weighted by Crippen LogP contribution is -2.46. The molecule has 1 N–H and O–H groups in total. The van der Waals surface area contributed by atoms with Gasteiger partial charge in [0.2, 0.25) is 10.0 Å². The van der Waals surface area contributed by atoms with E-state index in [-0.39, 0.29) is 21.8 Å². The van der Waals surface area contributed by atoms with Crippen LogP contribution in [0, 0.1) is 22.6 Å². The van der Waals surface area contributed by atoms with E-state index in [2.05, 4.69) is 25.5 Å². The van der Waals surface area contributed by atoms with Gasteiger partial charge in [-0.2, -0.15) is 0 Å². The van der Waals surface area contributed by atoms with Gasteiger partial charge in [0.15, 0.2) is 0 Å². The second-order valence-electron chi connectivity index (χ2n) is 7.24. The molecule has 0 aliphatic heterocycles. The first kappa shape index (κ1) is 15.0.